The van der Waals surface area contributed by atoms with Crippen molar-refractivity contribution in [1.29, 1.82) is 0 Å². The summed E-state index contributed by atoms with van der Waals surface area (Å²) in [5.41, 5.74) is 8.39. The molecule has 0 fully saturated rings. The van der Waals surface area contributed by atoms with Gasteiger partial charge >= 0.3 is 0 Å². The van der Waals surface area contributed by atoms with Gasteiger partial charge in [0, 0.05) is 11.3 Å². The van der Waals surface area contributed by atoms with Crippen LogP contribution in [0.4, 0.5) is 0 Å². The lowest BCUT2D eigenvalue weighted by atomic mass is 9.61. The first-order valence-corrected chi connectivity index (χ1v) is 21.4. The van der Waals surface area contributed by atoms with Crippen molar-refractivity contribution < 1.29 is 0 Å². The number of benzene rings is 6. The second-order valence-corrected chi connectivity index (χ2v) is 19.6. The summed E-state index contributed by atoms with van der Waals surface area (Å²) in [6.07, 6.45) is 0. The van der Waals surface area contributed by atoms with E-state index < -0.39 is 15.8 Å². The maximum atomic E-state index is 2.53. The highest BCUT2D eigenvalue weighted by Crippen LogP contribution is 2.73. The van der Waals surface area contributed by atoms with E-state index in [4.69, 9.17) is 0 Å². The molecular formula is C49H54P2. The Hall–Kier alpha value is -3.82. The minimum atomic E-state index is -0.854. The predicted molar refractivity (Wildman–Crippen MR) is 228 cm³/mol. The van der Waals surface area contributed by atoms with Crippen molar-refractivity contribution in [1.82, 2.24) is 0 Å². The SMILES string of the molecule is Cc1ccc(P(c2ccc(C)cc2)C(c2ccccc2)C(C(C)C)(C(C)C)C(c2ccccc2)P(c2ccc(C)cc2)c2ccc(C)cc2)cc1. The van der Waals surface area contributed by atoms with Gasteiger partial charge in [-0.3, -0.25) is 0 Å². The zero-order valence-electron chi connectivity index (χ0n) is 31.7. The van der Waals surface area contributed by atoms with E-state index in [1.807, 2.05) is 0 Å². The average Bonchev–Trinajstić information content (AvgIpc) is 3.14. The molecule has 2 unspecified atom stereocenters. The zero-order chi connectivity index (χ0) is 36.1. The summed E-state index contributed by atoms with van der Waals surface area (Å²) in [7, 11) is -1.71. The molecule has 0 N–H and O–H groups in total. The number of hydrogen-bond donors (Lipinski definition) is 0. The van der Waals surface area contributed by atoms with Gasteiger partial charge in [-0.2, -0.15) is 0 Å². The summed E-state index contributed by atoms with van der Waals surface area (Å²) >= 11 is 0. The molecule has 0 aliphatic carbocycles. The van der Waals surface area contributed by atoms with E-state index in [2.05, 4.69) is 213 Å². The van der Waals surface area contributed by atoms with Crippen LogP contribution in [-0.2, 0) is 0 Å². The van der Waals surface area contributed by atoms with Gasteiger partial charge in [0.05, 0.1) is 0 Å². The molecule has 0 aliphatic heterocycles. The molecule has 260 valence electrons. The largest absolute Gasteiger partial charge is 0.0622 e. The third-order valence-electron chi connectivity index (χ3n) is 10.9. The average molecular weight is 705 g/mol. The molecule has 6 aromatic rings. The number of hydrogen-bond acceptors (Lipinski definition) is 0. The summed E-state index contributed by atoms with van der Waals surface area (Å²) in [6, 6.07) is 61.3. The van der Waals surface area contributed by atoms with Crippen LogP contribution in [0.3, 0.4) is 0 Å². The Bertz CT molecular complexity index is 1720. The van der Waals surface area contributed by atoms with Crippen molar-refractivity contribution in [3.63, 3.8) is 0 Å². The molecule has 0 saturated heterocycles. The van der Waals surface area contributed by atoms with Gasteiger partial charge in [-0.1, -0.05) is 208 Å². The summed E-state index contributed by atoms with van der Waals surface area (Å²) in [5, 5.41) is 5.78. The van der Waals surface area contributed by atoms with Gasteiger partial charge in [0.25, 0.3) is 0 Å². The molecule has 6 rings (SSSR count). The van der Waals surface area contributed by atoms with Crippen LogP contribution in [0, 0.1) is 44.9 Å². The van der Waals surface area contributed by atoms with Crippen LogP contribution in [0.2, 0.25) is 0 Å². The van der Waals surface area contributed by atoms with Crippen LogP contribution < -0.4 is 21.2 Å². The highest BCUT2D eigenvalue weighted by molar-refractivity contribution is 7.74. The van der Waals surface area contributed by atoms with Gasteiger partial charge in [0.2, 0.25) is 0 Å². The van der Waals surface area contributed by atoms with Crippen molar-refractivity contribution in [2.24, 2.45) is 17.3 Å². The van der Waals surface area contributed by atoms with E-state index >= 15 is 0 Å². The third kappa shape index (κ3) is 7.70. The topological polar surface area (TPSA) is 0 Å². The number of aryl methyl sites for hydroxylation is 4. The van der Waals surface area contributed by atoms with E-state index in [-0.39, 0.29) is 16.7 Å². The molecule has 0 radical (unpaired) electrons. The summed E-state index contributed by atoms with van der Waals surface area (Å²) < 4.78 is 0. The van der Waals surface area contributed by atoms with Crippen molar-refractivity contribution >= 4 is 37.1 Å². The molecule has 51 heavy (non-hydrogen) atoms. The molecule has 0 spiro atoms. The van der Waals surface area contributed by atoms with E-state index in [1.165, 1.54) is 54.6 Å². The fourth-order valence-electron chi connectivity index (χ4n) is 8.39. The summed E-state index contributed by atoms with van der Waals surface area (Å²) in [6.45, 7) is 19.0. The molecule has 2 heteroatoms. The van der Waals surface area contributed by atoms with Crippen LogP contribution in [-0.4, -0.2) is 0 Å². The van der Waals surface area contributed by atoms with Crippen LogP contribution >= 0.6 is 15.8 Å². The number of rotatable bonds is 12. The summed E-state index contributed by atoms with van der Waals surface area (Å²) in [4.78, 5) is 0. The molecule has 0 nitrogen and oxygen atoms in total. The smallest absolute Gasteiger partial charge is 0.0193 e. The quantitative estimate of drug-likeness (QED) is 0.111. The van der Waals surface area contributed by atoms with Gasteiger partial charge in [-0.15, -0.1) is 0 Å². The van der Waals surface area contributed by atoms with Crippen molar-refractivity contribution in [3.05, 3.63) is 191 Å². The molecule has 0 saturated carbocycles. The minimum Gasteiger partial charge on any atom is -0.0622 e. The van der Waals surface area contributed by atoms with Gasteiger partial charge in [0.1, 0.15) is 0 Å². The molecule has 0 heterocycles. The van der Waals surface area contributed by atoms with Gasteiger partial charge in [0.15, 0.2) is 0 Å². The zero-order valence-corrected chi connectivity index (χ0v) is 33.5. The van der Waals surface area contributed by atoms with Crippen LogP contribution in [0.1, 0.15) is 72.4 Å². The van der Waals surface area contributed by atoms with E-state index in [1.54, 1.807) is 0 Å². The fourth-order valence-corrected chi connectivity index (χ4v) is 15.5. The first-order valence-electron chi connectivity index (χ1n) is 18.6. The van der Waals surface area contributed by atoms with Gasteiger partial charge in [-0.25, -0.2) is 0 Å². The monoisotopic (exact) mass is 704 g/mol. The molecule has 2 atom stereocenters. The van der Waals surface area contributed by atoms with Crippen molar-refractivity contribution in [2.75, 3.05) is 0 Å². The Morgan fingerprint density at radius 1 is 0.333 bits per heavy atom. The second kappa shape index (κ2) is 16.2. The van der Waals surface area contributed by atoms with Crippen LogP contribution in [0.5, 0.6) is 0 Å². The molecule has 6 aromatic carbocycles. The standard InChI is InChI=1S/C49H54P2/c1-35(2)49(36(3)4,47(41-15-11-9-12-16-41)50(43-27-19-37(5)20-28-43)44-29-21-38(6)22-30-44)48(42-17-13-10-14-18-42)51(45-31-23-39(7)24-32-45)46-33-25-40(8)26-34-46/h9-36,47-48H,1-8H3. The Labute approximate surface area is 310 Å². The lowest BCUT2D eigenvalue weighted by Gasteiger charge is -2.57. The highest BCUT2D eigenvalue weighted by atomic mass is 31.1. The second-order valence-electron chi connectivity index (χ2n) is 15.0. The van der Waals surface area contributed by atoms with E-state index in [0.717, 1.165) is 0 Å². The fraction of sp³-hybridized carbons (Fsp3) is 0.265. The van der Waals surface area contributed by atoms with Crippen LogP contribution in [0.15, 0.2) is 158 Å². The first-order chi connectivity index (χ1) is 24.6. The van der Waals surface area contributed by atoms with Gasteiger partial charge < -0.3 is 0 Å². The molecule has 0 aromatic heterocycles. The Kier molecular flexibility index (Phi) is 11.8. The summed E-state index contributed by atoms with van der Waals surface area (Å²) in [5.74, 6) is 0.712. The molecule has 0 bridgehead atoms. The Morgan fingerprint density at radius 2 is 0.569 bits per heavy atom. The minimum absolute atomic E-state index is 0.161. The normalized spacial score (nSPS) is 13.3. The molecule has 0 aliphatic rings. The maximum Gasteiger partial charge on any atom is 0.0193 e. The maximum absolute atomic E-state index is 2.53. The van der Waals surface area contributed by atoms with Gasteiger partial charge in [-0.05, 0) is 93.1 Å². The lowest BCUT2D eigenvalue weighted by molar-refractivity contribution is 0.0988. The van der Waals surface area contributed by atoms with Crippen LogP contribution in [0.25, 0.3) is 0 Å². The van der Waals surface area contributed by atoms with Crippen molar-refractivity contribution in [3.8, 4) is 0 Å². The Balaban J connectivity index is 1.77. The Morgan fingerprint density at radius 3 is 0.784 bits per heavy atom. The predicted octanol–water partition coefficient (Wildman–Crippen LogP) is 12.3. The van der Waals surface area contributed by atoms with E-state index in [9.17, 15) is 0 Å². The lowest BCUT2D eigenvalue weighted by Crippen LogP contribution is -2.47. The van der Waals surface area contributed by atoms with Crippen molar-refractivity contribution in [2.45, 2.75) is 66.7 Å². The molecule has 0 amide bonds. The first kappa shape index (κ1) is 37.0. The molecular weight excluding hydrogens is 650 g/mol. The highest BCUT2D eigenvalue weighted by Gasteiger charge is 2.56. The van der Waals surface area contributed by atoms with E-state index in [0.29, 0.717) is 11.8 Å². The third-order valence-corrected chi connectivity index (χ3v) is 16.9.